The van der Waals surface area contributed by atoms with Crippen molar-refractivity contribution in [2.24, 2.45) is 5.10 Å². The van der Waals surface area contributed by atoms with Crippen molar-refractivity contribution in [2.45, 2.75) is 33.1 Å². The van der Waals surface area contributed by atoms with Gasteiger partial charge in [0.15, 0.2) is 6.61 Å². The van der Waals surface area contributed by atoms with Crippen LogP contribution in [-0.2, 0) is 10.2 Å². The SMILES string of the molecule is CC(=NNC(=O)COc1ccc(C(C)(C)C)cc1)c1ccc(Cl)cc1. The summed E-state index contributed by atoms with van der Waals surface area (Å²) in [4.78, 5) is 11.9. The van der Waals surface area contributed by atoms with Crippen LogP contribution in [0.2, 0.25) is 5.02 Å². The Balaban J connectivity index is 1.86. The van der Waals surface area contributed by atoms with E-state index in [1.165, 1.54) is 5.56 Å². The topological polar surface area (TPSA) is 50.7 Å². The van der Waals surface area contributed by atoms with Crippen LogP contribution in [0.5, 0.6) is 5.75 Å². The van der Waals surface area contributed by atoms with Crippen LogP contribution in [0, 0.1) is 0 Å². The number of nitrogens with one attached hydrogen (secondary N) is 1. The summed E-state index contributed by atoms with van der Waals surface area (Å²) in [7, 11) is 0. The van der Waals surface area contributed by atoms with E-state index in [1.807, 2.05) is 43.3 Å². The van der Waals surface area contributed by atoms with Gasteiger partial charge in [0.1, 0.15) is 5.75 Å². The summed E-state index contributed by atoms with van der Waals surface area (Å²) >= 11 is 5.85. The summed E-state index contributed by atoms with van der Waals surface area (Å²) in [5.74, 6) is 0.342. The summed E-state index contributed by atoms with van der Waals surface area (Å²) in [6.07, 6.45) is 0. The lowest BCUT2D eigenvalue weighted by Gasteiger charge is -2.19. The van der Waals surface area contributed by atoms with Crippen LogP contribution in [0.25, 0.3) is 0 Å². The number of amides is 1. The fourth-order valence-electron chi connectivity index (χ4n) is 2.13. The number of nitrogens with zero attached hydrogens (tertiary/aromatic N) is 1. The standard InChI is InChI=1S/C20H23ClN2O2/c1-14(15-5-9-17(21)10-6-15)22-23-19(24)13-25-18-11-7-16(8-12-18)20(2,3)4/h5-12H,13H2,1-4H3,(H,23,24). The molecule has 25 heavy (non-hydrogen) atoms. The van der Waals surface area contributed by atoms with Gasteiger partial charge in [0, 0.05) is 5.02 Å². The first-order valence-electron chi connectivity index (χ1n) is 8.08. The first-order chi connectivity index (χ1) is 11.8. The molecule has 132 valence electrons. The van der Waals surface area contributed by atoms with Crippen molar-refractivity contribution in [2.75, 3.05) is 6.61 Å². The number of hydrogen-bond donors (Lipinski definition) is 1. The minimum absolute atomic E-state index is 0.0871. The Labute approximate surface area is 153 Å². The molecule has 0 saturated heterocycles. The average molecular weight is 359 g/mol. The van der Waals surface area contributed by atoms with Crippen molar-refractivity contribution in [3.8, 4) is 5.75 Å². The van der Waals surface area contributed by atoms with Gasteiger partial charge in [-0.05, 0) is 47.7 Å². The number of ether oxygens (including phenoxy) is 1. The molecule has 0 aliphatic carbocycles. The van der Waals surface area contributed by atoms with Crippen molar-refractivity contribution < 1.29 is 9.53 Å². The molecule has 0 radical (unpaired) electrons. The normalized spacial score (nSPS) is 12.0. The number of rotatable bonds is 5. The van der Waals surface area contributed by atoms with Gasteiger partial charge in [-0.2, -0.15) is 5.10 Å². The Hall–Kier alpha value is -2.33. The molecule has 0 heterocycles. The smallest absolute Gasteiger partial charge is 0.277 e. The van der Waals surface area contributed by atoms with E-state index in [2.05, 4.69) is 31.3 Å². The Kier molecular flexibility index (Phi) is 6.21. The van der Waals surface area contributed by atoms with Crippen LogP contribution in [-0.4, -0.2) is 18.2 Å². The minimum Gasteiger partial charge on any atom is -0.484 e. The largest absolute Gasteiger partial charge is 0.484 e. The molecule has 4 nitrogen and oxygen atoms in total. The maximum absolute atomic E-state index is 11.9. The van der Waals surface area contributed by atoms with E-state index in [-0.39, 0.29) is 17.9 Å². The van der Waals surface area contributed by atoms with Gasteiger partial charge in [-0.3, -0.25) is 4.79 Å². The third-order valence-electron chi connectivity index (χ3n) is 3.70. The molecule has 2 rings (SSSR count). The number of carbonyl (C=O) groups is 1. The molecule has 2 aromatic carbocycles. The number of benzene rings is 2. The Morgan fingerprint density at radius 1 is 1.08 bits per heavy atom. The molecule has 5 heteroatoms. The first-order valence-corrected chi connectivity index (χ1v) is 8.46. The Bertz CT molecular complexity index is 745. The lowest BCUT2D eigenvalue weighted by molar-refractivity contribution is -0.123. The highest BCUT2D eigenvalue weighted by atomic mass is 35.5. The molecular weight excluding hydrogens is 336 g/mol. The highest BCUT2D eigenvalue weighted by Gasteiger charge is 2.13. The molecule has 0 atom stereocenters. The van der Waals surface area contributed by atoms with Crippen LogP contribution >= 0.6 is 11.6 Å². The van der Waals surface area contributed by atoms with Gasteiger partial charge in [0.05, 0.1) is 5.71 Å². The van der Waals surface area contributed by atoms with Gasteiger partial charge in [-0.15, -0.1) is 0 Å². The lowest BCUT2D eigenvalue weighted by atomic mass is 9.87. The molecule has 0 spiro atoms. The maximum atomic E-state index is 11.9. The van der Waals surface area contributed by atoms with Gasteiger partial charge in [0.25, 0.3) is 5.91 Å². The molecule has 0 fully saturated rings. The monoisotopic (exact) mass is 358 g/mol. The van der Waals surface area contributed by atoms with E-state index in [1.54, 1.807) is 12.1 Å². The van der Waals surface area contributed by atoms with Crippen molar-refractivity contribution in [1.82, 2.24) is 5.43 Å². The number of halogens is 1. The minimum atomic E-state index is -0.312. The number of hydrazone groups is 1. The van der Waals surface area contributed by atoms with Crippen LogP contribution in [0.15, 0.2) is 53.6 Å². The zero-order valence-corrected chi connectivity index (χ0v) is 15.7. The third kappa shape index (κ3) is 5.91. The molecule has 0 aliphatic rings. The number of hydrogen-bond acceptors (Lipinski definition) is 3. The van der Waals surface area contributed by atoms with E-state index >= 15 is 0 Å². The van der Waals surface area contributed by atoms with Crippen molar-refractivity contribution in [3.63, 3.8) is 0 Å². The van der Waals surface area contributed by atoms with Crippen LogP contribution in [0.1, 0.15) is 38.8 Å². The van der Waals surface area contributed by atoms with Gasteiger partial charge in [0.2, 0.25) is 0 Å². The van der Waals surface area contributed by atoms with E-state index in [0.717, 1.165) is 5.56 Å². The van der Waals surface area contributed by atoms with E-state index in [0.29, 0.717) is 16.5 Å². The molecule has 0 saturated carbocycles. The van der Waals surface area contributed by atoms with Crippen LogP contribution in [0.4, 0.5) is 0 Å². The van der Waals surface area contributed by atoms with Gasteiger partial charge >= 0.3 is 0 Å². The summed E-state index contributed by atoms with van der Waals surface area (Å²) in [6.45, 7) is 8.17. The summed E-state index contributed by atoms with van der Waals surface area (Å²) in [5, 5.41) is 4.74. The molecular formula is C20H23ClN2O2. The van der Waals surface area contributed by atoms with Gasteiger partial charge in [-0.1, -0.05) is 56.6 Å². The molecule has 1 amide bonds. The third-order valence-corrected chi connectivity index (χ3v) is 3.95. The van der Waals surface area contributed by atoms with Crippen LogP contribution in [0.3, 0.4) is 0 Å². The average Bonchev–Trinajstić information content (AvgIpc) is 2.58. The zero-order chi connectivity index (χ0) is 18.4. The molecule has 2 aromatic rings. The maximum Gasteiger partial charge on any atom is 0.277 e. The van der Waals surface area contributed by atoms with Gasteiger partial charge in [-0.25, -0.2) is 5.43 Å². The van der Waals surface area contributed by atoms with E-state index < -0.39 is 0 Å². The zero-order valence-electron chi connectivity index (χ0n) is 15.0. The fraction of sp³-hybridized carbons (Fsp3) is 0.300. The summed E-state index contributed by atoms with van der Waals surface area (Å²) < 4.78 is 5.49. The second-order valence-electron chi connectivity index (χ2n) is 6.80. The molecule has 0 bridgehead atoms. The molecule has 0 aliphatic heterocycles. The predicted octanol–water partition coefficient (Wildman–Crippen LogP) is 4.56. The van der Waals surface area contributed by atoms with Crippen LogP contribution < -0.4 is 10.2 Å². The van der Waals surface area contributed by atoms with Crippen molar-refractivity contribution >= 4 is 23.2 Å². The van der Waals surface area contributed by atoms with E-state index in [9.17, 15) is 4.79 Å². The molecule has 0 unspecified atom stereocenters. The van der Waals surface area contributed by atoms with Crippen molar-refractivity contribution in [3.05, 3.63) is 64.7 Å². The molecule has 1 N–H and O–H groups in total. The van der Waals surface area contributed by atoms with E-state index in [4.69, 9.17) is 16.3 Å². The fourth-order valence-corrected chi connectivity index (χ4v) is 2.26. The first kappa shape index (κ1) is 19.0. The Morgan fingerprint density at radius 3 is 2.24 bits per heavy atom. The predicted molar refractivity (Wildman–Crippen MR) is 102 cm³/mol. The second kappa shape index (κ2) is 8.17. The summed E-state index contributed by atoms with van der Waals surface area (Å²) in [5.41, 5.74) is 5.38. The number of carbonyl (C=O) groups excluding carboxylic acids is 1. The van der Waals surface area contributed by atoms with Gasteiger partial charge < -0.3 is 4.74 Å². The summed E-state index contributed by atoms with van der Waals surface area (Å²) in [6, 6.07) is 15.0. The second-order valence-corrected chi connectivity index (χ2v) is 7.24. The molecule has 0 aromatic heterocycles. The van der Waals surface area contributed by atoms with Crippen molar-refractivity contribution in [1.29, 1.82) is 0 Å². The highest BCUT2D eigenvalue weighted by Crippen LogP contribution is 2.24. The lowest BCUT2D eigenvalue weighted by Crippen LogP contribution is -2.25. The highest BCUT2D eigenvalue weighted by molar-refractivity contribution is 6.30. The quantitative estimate of drug-likeness (QED) is 0.629. The Morgan fingerprint density at radius 2 is 1.68 bits per heavy atom.